The van der Waals surface area contributed by atoms with Crippen molar-refractivity contribution in [3.05, 3.63) is 78.4 Å². The number of H-pyrrole nitrogens is 1. The minimum absolute atomic E-state index is 0.226. The van der Waals surface area contributed by atoms with Crippen LogP contribution in [0, 0.1) is 6.92 Å². The number of nitrogens with one attached hydrogen (secondary N) is 1. The van der Waals surface area contributed by atoms with Crippen LogP contribution in [-0.4, -0.2) is 27.6 Å². The molecule has 30 heavy (non-hydrogen) atoms. The van der Waals surface area contributed by atoms with Crippen LogP contribution in [0.2, 0.25) is 0 Å². The van der Waals surface area contributed by atoms with Gasteiger partial charge in [-0.2, -0.15) is 0 Å². The van der Waals surface area contributed by atoms with Crippen molar-refractivity contribution in [2.24, 2.45) is 0 Å². The largest absolute Gasteiger partial charge is 0.351 e. The van der Waals surface area contributed by atoms with Crippen LogP contribution in [0.1, 0.15) is 5.56 Å². The fourth-order valence-electron chi connectivity index (χ4n) is 4.13. The lowest BCUT2D eigenvalue weighted by molar-refractivity contribution is 0.590. The van der Waals surface area contributed by atoms with Crippen LogP contribution in [0.15, 0.2) is 77.7 Å². The second-order valence-electron chi connectivity index (χ2n) is 7.39. The zero-order chi connectivity index (χ0) is 20.5. The molecule has 0 unspecified atom stereocenters. The second kappa shape index (κ2) is 5.90. The number of rotatable bonds is 2. The first kappa shape index (κ1) is 17.2. The molecule has 1 N–H and O–H groups in total. The summed E-state index contributed by atoms with van der Waals surface area (Å²) in [4.78, 5) is 3.61. The summed E-state index contributed by atoms with van der Waals surface area (Å²) in [6.07, 6.45) is 0. The SMILES string of the molecule is Cc1ccc2[nH]c3c(nnc4c5ccccc5n(S(=O)(=O)c5ccccc5)c43)c2c1. The summed E-state index contributed by atoms with van der Waals surface area (Å²) in [7, 11) is -3.86. The van der Waals surface area contributed by atoms with Gasteiger partial charge in [-0.15, -0.1) is 10.2 Å². The highest BCUT2D eigenvalue weighted by Crippen LogP contribution is 2.36. The van der Waals surface area contributed by atoms with Crippen molar-refractivity contribution in [2.45, 2.75) is 11.8 Å². The van der Waals surface area contributed by atoms with E-state index in [0.29, 0.717) is 27.6 Å². The van der Waals surface area contributed by atoms with E-state index < -0.39 is 10.0 Å². The molecule has 0 spiro atoms. The number of hydrogen-bond acceptors (Lipinski definition) is 4. The number of fused-ring (bicyclic) bond motifs is 7. The van der Waals surface area contributed by atoms with Gasteiger partial charge in [0.1, 0.15) is 16.6 Å². The van der Waals surface area contributed by atoms with E-state index in [1.807, 2.05) is 43.3 Å². The summed E-state index contributed by atoms with van der Waals surface area (Å²) in [6.45, 7) is 2.01. The van der Waals surface area contributed by atoms with Crippen molar-refractivity contribution in [1.29, 1.82) is 0 Å². The van der Waals surface area contributed by atoms with Gasteiger partial charge in [-0.25, -0.2) is 12.4 Å². The Morgan fingerprint density at radius 3 is 2.40 bits per heavy atom. The maximum absolute atomic E-state index is 13.7. The molecule has 0 bridgehead atoms. The van der Waals surface area contributed by atoms with Gasteiger partial charge in [0, 0.05) is 16.3 Å². The Labute approximate surface area is 171 Å². The monoisotopic (exact) mass is 412 g/mol. The van der Waals surface area contributed by atoms with Crippen LogP contribution in [0.5, 0.6) is 0 Å². The van der Waals surface area contributed by atoms with Crippen molar-refractivity contribution in [1.82, 2.24) is 19.2 Å². The predicted octanol–water partition coefficient (Wildman–Crippen LogP) is 4.76. The van der Waals surface area contributed by atoms with Crippen LogP contribution >= 0.6 is 0 Å². The van der Waals surface area contributed by atoms with E-state index >= 15 is 0 Å². The molecular formula is C23H16N4O2S. The number of aromatic amines is 1. The molecule has 3 aromatic heterocycles. The normalized spacial score (nSPS) is 12.4. The fraction of sp³-hybridized carbons (Fsp3) is 0.0435. The van der Waals surface area contributed by atoms with E-state index in [1.54, 1.807) is 36.4 Å². The Kier molecular flexibility index (Phi) is 3.38. The highest BCUT2D eigenvalue weighted by Gasteiger charge is 2.26. The van der Waals surface area contributed by atoms with Crippen molar-refractivity contribution in [3.8, 4) is 0 Å². The van der Waals surface area contributed by atoms with Crippen LogP contribution in [0.25, 0.3) is 43.9 Å². The number of aryl methyl sites for hydroxylation is 1. The van der Waals surface area contributed by atoms with Gasteiger partial charge in [-0.1, -0.05) is 48.0 Å². The number of aromatic nitrogens is 4. The molecule has 146 valence electrons. The van der Waals surface area contributed by atoms with Gasteiger partial charge >= 0.3 is 0 Å². The average molecular weight is 412 g/mol. The summed E-state index contributed by atoms with van der Waals surface area (Å²) in [5, 5.41) is 10.6. The van der Waals surface area contributed by atoms with Crippen molar-refractivity contribution >= 4 is 53.9 Å². The van der Waals surface area contributed by atoms with Gasteiger partial charge in [-0.3, -0.25) is 0 Å². The van der Waals surface area contributed by atoms with Crippen molar-refractivity contribution in [3.63, 3.8) is 0 Å². The first-order valence-corrected chi connectivity index (χ1v) is 11.0. The lowest BCUT2D eigenvalue weighted by Gasteiger charge is -2.09. The molecule has 7 heteroatoms. The third kappa shape index (κ3) is 2.21. The molecule has 0 saturated heterocycles. The zero-order valence-corrected chi connectivity index (χ0v) is 16.8. The third-order valence-electron chi connectivity index (χ3n) is 5.50. The van der Waals surface area contributed by atoms with Crippen molar-refractivity contribution in [2.75, 3.05) is 0 Å². The summed E-state index contributed by atoms with van der Waals surface area (Å²) in [5.74, 6) is 0. The molecule has 0 aliphatic rings. The molecule has 3 heterocycles. The van der Waals surface area contributed by atoms with E-state index in [4.69, 9.17) is 0 Å². The Bertz CT molecular complexity index is 1710. The van der Waals surface area contributed by atoms with Gasteiger partial charge in [0.05, 0.1) is 15.9 Å². The molecule has 0 atom stereocenters. The Hall–Kier alpha value is -3.71. The standard InChI is InChI=1S/C23H16N4O2S/c1-14-11-12-18-17(13-14)20-22(24-18)23-21(26-25-20)16-9-5-6-10-19(16)27(23)30(28,29)15-7-3-2-4-8-15/h2-13,24H,1H3. The number of hydrogen-bond donors (Lipinski definition) is 1. The lowest BCUT2D eigenvalue weighted by Crippen LogP contribution is -2.13. The summed E-state index contributed by atoms with van der Waals surface area (Å²) in [6, 6.07) is 21.9. The van der Waals surface area contributed by atoms with Crippen LogP contribution in [0.4, 0.5) is 0 Å². The highest BCUT2D eigenvalue weighted by atomic mass is 32.2. The molecule has 6 nitrogen and oxygen atoms in total. The Morgan fingerprint density at radius 1 is 0.833 bits per heavy atom. The smallest absolute Gasteiger partial charge is 0.268 e. The van der Waals surface area contributed by atoms with Crippen LogP contribution in [-0.2, 0) is 10.0 Å². The molecule has 0 amide bonds. The molecule has 0 aliphatic heterocycles. The van der Waals surface area contributed by atoms with Gasteiger partial charge in [-0.05, 0) is 37.3 Å². The highest BCUT2D eigenvalue weighted by molar-refractivity contribution is 7.90. The molecule has 6 rings (SSSR count). The summed E-state index contributed by atoms with van der Waals surface area (Å²) < 4.78 is 28.9. The topological polar surface area (TPSA) is 80.6 Å². The number of nitrogens with zero attached hydrogens (tertiary/aromatic N) is 3. The molecule has 0 fully saturated rings. The molecule has 6 aromatic rings. The molecule has 0 radical (unpaired) electrons. The maximum atomic E-state index is 13.7. The van der Waals surface area contributed by atoms with Crippen molar-refractivity contribution < 1.29 is 8.42 Å². The fourth-order valence-corrected chi connectivity index (χ4v) is 5.68. The molecule has 3 aromatic carbocycles. The summed E-state index contributed by atoms with van der Waals surface area (Å²) >= 11 is 0. The average Bonchev–Trinajstić information content (AvgIpc) is 3.30. The molecule has 0 saturated carbocycles. The van der Waals surface area contributed by atoms with Gasteiger partial charge in [0.25, 0.3) is 10.0 Å². The first-order valence-electron chi connectivity index (χ1n) is 9.54. The minimum atomic E-state index is -3.86. The summed E-state index contributed by atoms with van der Waals surface area (Å²) in [5.41, 5.74) is 4.96. The van der Waals surface area contributed by atoms with Crippen LogP contribution in [0.3, 0.4) is 0 Å². The second-order valence-corrected chi connectivity index (χ2v) is 9.18. The molecule has 0 aliphatic carbocycles. The van der Waals surface area contributed by atoms with E-state index in [1.165, 1.54) is 3.97 Å². The predicted molar refractivity (Wildman–Crippen MR) is 118 cm³/mol. The van der Waals surface area contributed by atoms with E-state index in [2.05, 4.69) is 15.2 Å². The van der Waals surface area contributed by atoms with Gasteiger partial charge in [0.15, 0.2) is 0 Å². The van der Waals surface area contributed by atoms with Gasteiger partial charge in [0.2, 0.25) is 0 Å². The Morgan fingerprint density at radius 2 is 1.57 bits per heavy atom. The quantitative estimate of drug-likeness (QED) is 0.444. The molecular weight excluding hydrogens is 396 g/mol. The Balaban J connectivity index is 1.87. The zero-order valence-electron chi connectivity index (χ0n) is 16.0. The van der Waals surface area contributed by atoms with Gasteiger partial charge < -0.3 is 4.98 Å². The number of benzene rings is 3. The van der Waals surface area contributed by atoms with E-state index in [-0.39, 0.29) is 4.90 Å². The third-order valence-corrected chi connectivity index (χ3v) is 7.23. The van der Waals surface area contributed by atoms with E-state index in [0.717, 1.165) is 21.9 Å². The minimum Gasteiger partial charge on any atom is -0.351 e. The maximum Gasteiger partial charge on any atom is 0.268 e. The lowest BCUT2D eigenvalue weighted by atomic mass is 10.1. The van der Waals surface area contributed by atoms with Crippen LogP contribution < -0.4 is 0 Å². The number of para-hydroxylation sites is 1. The van der Waals surface area contributed by atoms with E-state index in [9.17, 15) is 8.42 Å². The first-order chi connectivity index (χ1) is 14.6.